The first-order chi connectivity index (χ1) is 12.2. The van der Waals surface area contributed by atoms with Crippen molar-refractivity contribution in [2.45, 2.75) is 103 Å². The molecule has 0 saturated heterocycles. The van der Waals surface area contributed by atoms with Crippen LogP contribution in [0.25, 0.3) is 0 Å². The third-order valence-corrected chi connectivity index (χ3v) is 6.72. The number of aldehydes is 1. The van der Waals surface area contributed by atoms with Gasteiger partial charge in [-0.2, -0.15) is 0 Å². The van der Waals surface area contributed by atoms with Crippen molar-refractivity contribution in [3.8, 4) is 0 Å². The Morgan fingerprint density at radius 1 is 0.760 bits per heavy atom. The van der Waals surface area contributed by atoms with Crippen LogP contribution in [0.4, 0.5) is 0 Å². The van der Waals surface area contributed by atoms with Gasteiger partial charge in [-0.05, 0) is 69.1 Å². The van der Waals surface area contributed by atoms with Crippen LogP contribution in [0.15, 0.2) is 0 Å². The van der Waals surface area contributed by atoms with Crippen molar-refractivity contribution in [3.63, 3.8) is 0 Å². The number of rotatable bonds is 3. The van der Waals surface area contributed by atoms with Crippen molar-refractivity contribution < 1.29 is 15.0 Å². The fraction of sp³-hybridized carbons (Fsp3) is 0.955. The first kappa shape index (κ1) is 22.6. The molecule has 0 unspecified atom stereocenters. The smallest absolute Gasteiger partial charge is 0.123 e. The molecule has 0 aromatic carbocycles. The Balaban J connectivity index is 0.000000264. The number of carbonyl (C=O) groups is 1. The Kier molecular flexibility index (Phi) is 12.4. The molecule has 2 N–H and O–H groups in total. The van der Waals surface area contributed by atoms with E-state index in [-0.39, 0.29) is 6.10 Å². The van der Waals surface area contributed by atoms with Gasteiger partial charge in [-0.15, -0.1) is 0 Å². The summed E-state index contributed by atoms with van der Waals surface area (Å²) in [6.07, 6.45) is 19.1. The van der Waals surface area contributed by atoms with E-state index in [1.165, 1.54) is 64.2 Å². The highest BCUT2D eigenvalue weighted by Gasteiger charge is 2.30. The van der Waals surface area contributed by atoms with Crippen molar-refractivity contribution in [3.05, 3.63) is 0 Å². The van der Waals surface area contributed by atoms with Crippen LogP contribution in [0, 0.1) is 23.7 Å². The zero-order valence-corrected chi connectivity index (χ0v) is 16.7. The van der Waals surface area contributed by atoms with E-state index in [0.29, 0.717) is 5.92 Å². The van der Waals surface area contributed by atoms with E-state index >= 15 is 0 Å². The van der Waals surface area contributed by atoms with Crippen LogP contribution in [0.5, 0.6) is 0 Å². The lowest BCUT2D eigenvalue weighted by molar-refractivity contribution is -0.112. The van der Waals surface area contributed by atoms with Gasteiger partial charge in [0.1, 0.15) is 6.29 Å². The van der Waals surface area contributed by atoms with Gasteiger partial charge in [0.15, 0.2) is 0 Å². The quantitative estimate of drug-likeness (QED) is 0.691. The van der Waals surface area contributed by atoms with Crippen LogP contribution in [0.3, 0.4) is 0 Å². The minimum absolute atomic E-state index is 0.0347. The molecule has 0 amide bonds. The molecule has 3 saturated carbocycles. The summed E-state index contributed by atoms with van der Waals surface area (Å²) in [5.74, 6) is 3.11. The summed E-state index contributed by atoms with van der Waals surface area (Å²) in [7, 11) is 1.00. The van der Waals surface area contributed by atoms with Crippen molar-refractivity contribution in [1.82, 2.24) is 0 Å². The van der Waals surface area contributed by atoms with Gasteiger partial charge < -0.3 is 15.0 Å². The van der Waals surface area contributed by atoms with Gasteiger partial charge in [0.05, 0.1) is 6.10 Å². The second-order valence-corrected chi connectivity index (χ2v) is 8.29. The molecule has 148 valence electrons. The number of carbonyl (C=O) groups excluding carboxylic acids is 1. The normalized spacial score (nSPS) is 33.3. The predicted octanol–water partition coefficient (Wildman–Crippen LogP) is 5.13. The van der Waals surface area contributed by atoms with E-state index in [1.807, 2.05) is 0 Å². The van der Waals surface area contributed by atoms with Gasteiger partial charge in [0.25, 0.3) is 0 Å². The fourth-order valence-electron chi connectivity index (χ4n) is 4.92. The van der Waals surface area contributed by atoms with Crippen molar-refractivity contribution >= 4 is 6.29 Å². The minimum atomic E-state index is -0.0347. The van der Waals surface area contributed by atoms with Gasteiger partial charge in [-0.25, -0.2) is 0 Å². The van der Waals surface area contributed by atoms with Crippen LogP contribution >= 0.6 is 0 Å². The van der Waals surface area contributed by atoms with Gasteiger partial charge in [0.2, 0.25) is 0 Å². The third kappa shape index (κ3) is 8.68. The lowest BCUT2D eigenvalue weighted by atomic mass is 9.71. The molecule has 0 bridgehead atoms. The standard InChI is InChI=1S/C13H22O2.C8H16.CH4O/c14-9-10-1-3-11(4-2-10)12-5-7-13(15)8-6-12;1-2-8-6-4-3-5-7-8;1-2/h9-13,15H,1-8H2;8H,2-7H2,1H3;2H,1H3. The summed E-state index contributed by atoms with van der Waals surface area (Å²) in [4.78, 5) is 10.7. The Labute approximate surface area is 155 Å². The molecule has 0 radical (unpaired) electrons. The van der Waals surface area contributed by atoms with Crippen molar-refractivity contribution in [2.24, 2.45) is 23.7 Å². The van der Waals surface area contributed by atoms with Gasteiger partial charge in [-0.3, -0.25) is 0 Å². The van der Waals surface area contributed by atoms with E-state index < -0.39 is 0 Å². The molecule has 3 aliphatic rings. The monoisotopic (exact) mass is 354 g/mol. The highest BCUT2D eigenvalue weighted by atomic mass is 16.3. The third-order valence-electron chi connectivity index (χ3n) is 6.72. The molecule has 0 spiro atoms. The molecule has 3 aliphatic carbocycles. The fourth-order valence-corrected chi connectivity index (χ4v) is 4.92. The Bertz CT molecular complexity index is 309. The molecule has 3 heteroatoms. The first-order valence-corrected chi connectivity index (χ1v) is 10.8. The van der Waals surface area contributed by atoms with Crippen molar-refractivity contribution in [1.29, 1.82) is 0 Å². The van der Waals surface area contributed by atoms with Crippen LogP contribution < -0.4 is 0 Å². The Morgan fingerprint density at radius 2 is 1.24 bits per heavy atom. The summed E-state index contributed by atoms with van der Waals surface area (Å²) in [6, 6.07) is 0. The molecule has 25 heavy (non-hydrogen) atoms. The second kappa shape index (κ2) is 13.7. The summed E-state index contributed by atoms with van der Waals surface area (Å²) >= 11 is 0. The lowest BCUT2D eigenvalue weighted by Gasteiger charge is -2.35. The molecule has 3 rings (SSSR count). The molecule has 0 aliphatic heterocycles. The largest absolute Gasteiger partial charge is 0.400 e. The maximum absolute atomic E-state index is 10.7. The number of aliphatic hydroxyl groups excluding tert-OH is 2. The Hall–Kier alpha value is -0.410. The molecule has 0 atom stereocenters. The maximum atomic E-state index is 10.7. The zero-order valence-electron chi connectivity index (χ0n) is 16.7. The Morgan fingerprint density at radius 3 is 1.64 bits per heavy atom. The van der Waals surface area contributed by atoms with Gasteiger partial charge in [0, 0.05) is 13.0 Å². The zero-order chi connectivity index (χ0) is 18.5. The van der Waals surface area contributed by atoms with Crippen LogP contribution in [-0.4, -0.2) is 29.7 Å². The van der Waals surface area contributed by atoms with E-state index in [9.17, 15) is 9.90 Å². The molecular weight excluding hydrogens is 312 g/mol. The molecule has 0 aromatic rings. The van der Waals surface area contributed by atoms with Crippen molar-refractivity contribution in [2.75, 3.05) is 7.11 Å². The minimum Gasteiger partial charge on any atom is -0.400 e. The maximum Gasteiger partial charge on any atom is 0.123 e. The average Bonchev–Trinajstić information content (AvgIpc) is 2.71. The molecule has 0 heterocycles. The van der Waals surface area contributed by atoms with E-state index in [4.69, 9.17) is 5.11 Å². The van der Waals surface area contributed by atoms with E-state index in [2.05, 4.69) is 6.92 Å². The van der Waals surface area contributed by atoms with E-state index in [1.54, 1.807) is 0 Å². The summed E-state index contributed by atoms with van der Waals surface area (Å²) in [6.45, 7) is 2.32. The predicted molar refractivity (Wildman–Crippen MR) is 104 cm³/mol. The highest BCUT2D eigenvalue weighted by molar-refractivity contribution is 5.53. The number of aliphatic hydroxyl groups is 2. The average molecular weight is 355 g/mol. The van der Waals surface area contributed by atoms with Gasteiger partial charge >= 0.3 is 0 Å². The molecular formula is C22H42O3. The SMILES string of the molecule is CCC1CCCCC1.CO.O=CC1CCC(C2CCC(O)CC2)CC1. The lowest BCUT2D eigenvalue weighted by Crippen LogP contribution is -2.27. The summed E-state index contributed by atoms with van der Waals surface area (Å²) < 4.78 is 0. The van der Waals surface area contributed by atoms with E-state index in [0.717, 1.165) is 56.8 Å². The highest BCUT2D eigenvalue weighted by Crippen LogP contribution is 2.39. The topological polar surface area (TPSA) is 57.5 Å². The first-order valence-electron chi connectivity index (χ1n) is 10.8. The van der Waals surface area contributed by atoms with Crippen LogP contribution in [-0.2, 0) is 4.79 Å². The summed E-state index contributed by atoms with van der Waals surface area (Å²) in [5.41, 5.74) is 0. The number of hydrogen-bond acceptors (Lipinski definition) is 3. The molecule has 3 nitrogen and oxygen atoms in total. The van der Waals surface area contributed by atoms with Crippen LogP contribution in [0.2, 0.25) is 0 Å². The van der Waals surface area contributed by atoms with Gasteiger partial charge in [-0.1, -0.05) is 45.4 Å². The van der Waals surface area contributed by atoms with Crippen LogP contribution in [0.1, 0.15) is 96.8 Å². The summed E-state index contributed by atoms with van der Waals surface area (Å²) in [5, 5.41) is 16.5. The second-order valence-electron chi connectivity index (χ2n) is 8.29. The number of hydrogen-bond donors (Lipinski definition) is 2. The molecule has 0 aromatic heterocycles. The molecule has 3 fully saturated rings.